The minimum Gasteiger partial charge on any atom is -0.378 e. The highest BCUT2D eigenvalue weighted by atomic mass is 16.5. The molecule has 0 bridgehead atoms. The van der Waals surface area contributed by atoms with Gasteiger partial charge < -0.3 is 14.8 Å². The highest BCUT2D eigenvalue weighted by Gasteiger charge is 2.12. The number of hydrogen-bond donors (Lipinski definition) is 1. The van der Waals surface area contributed by atoms with Crippen molar-refractivity contribution in [2.75, 3.05) is 26.3 Å². The SMILES string of the molecule is c1ccc(COCCCCCCOC2CCNCC2)cc1. The van der Waals surface area contributed by atoms with Crippen LogP contribution in [0.2, 0.25) is 0 Å². The summed E-state index contributed by atoms with van der Waals surface area (Å²) in [5, 5.41) is 3.36. The van der Waals surface area contributed by atoms with Crippen LogP contribution in [-0.2, 0) is 16.1 Å². The molecule has 21 heavy (non-hydrogen) atoms. The maximum Gasteiger partial charge on any atom is 0.0716 e. The van der Waals surface area contributed by atoms with Gasteiger partial charge in [-0.3, -0.25) is 0 Å². The molecule has 1 fully saturated rings. The van der Waals surface area contributed by atoms with E-state index in [1.807, 2.05) is 6.07 Å². The molecule has 0 unspecified atom stereocenters. The summed E-state index contributed by atoms with van der Waals surface area (Å²) in [5.41, 5.74) is 1.26. The lowest BCUT2D eigenvalue weighted by atomic mass is 10.1. The van der Waals surface area contributed by atoms with Gasteiger partial charge in [0.05, 0.1) is 12.7 Å². The van der Waals surface area contributed by atoms with Crippen molar-refractivity contribution < 1.29 is 9.47 Å². The summed E-state index contributed by atoms with van der Waals surface area (Å²) in [4.78, 5) is 0. The number of unbranched alkanes of at least 4 members (excludes halogenated alkanes) is 3. The predicted molar refractivity (Wildman–Crippen MR) is 86.4 cm³/mol. The molecule has 118 valence electrons. The molecule has 1 aliphatic rings. The van der Waals surface area contributed by atoms with Crippen molar-refractivity contribution in [3.63, 3.8) is 0 Å². The topological polar surface area (TPSA) is 30.5 Å². The second-order valence-electron chi connectivity index (χ2n) is 5.77. The van der Waals surface area contributed by atoms with Gasteiger partial charge in [-0.2, -0.15) is 0 Å². The summed E-state index contributed by atoms with van der Waals surface area (Å²) >= 11 is 0. The smallest absolute Gasteiger partial charge is 0.0716 e. The largest absolute Gasteiger partial charge is 0.378 e. The molecule has 0 radical (unpaired) electrons. The average molecular weight is 291 g/mol. The van der Waals surface area contributed by atoms with Crippen molar-refractivity contribution in [1.82, 2.24) is 5.32 Å². The lowest BCUT2D eigenvalue weighted by molar-refractivity contribution is 0.0304. The number of nitrogens with one attached hydrogen (secondary N) is 1. The van der Waals surface area contributed by atoms with Crippen LogP contribution < -0.4 is 5.32 Å². The quantitative estimate of drug-likeness (QED) is 0.669. The van der Waals surface area contributed by atoms with E-state index >= 15 is 0 Å². The molecule has 1 heterocycles. The van der Waals surface area contributed by atoms with Crippen LogP contribution in [0.25, 0.3) is 0 Å². The van der Waals surface area contributed by atoms with E-state index in [0.717, 1.165) is 39.3 Å². The molecule has 1 saturated heterocycles. The molecular weight excluding hydrogens is 262 g/mol. The van der Waals surface area contributed by atoms with Gasteiger partial charge in [-0.05, 0) is 44.3 Å². The Morgan fingerprint density at radius 1 is 0.905 bits per heavy atom. The van der Waals surface area contributed by atoms with Crippen LogP contribution in [0.15, 0.2) is 30.3 Å². The van der Waals surface area contributed by atoms with Crippen LogP contribution in [0, 0.1) is 0 Å². The Morgan fingerprint density at radius 3 is 2.38 bits per heavy atom. The van der Waals surface area contributed by atoms with E-state index in [-0.39, 0.29) is 0 Å². The maximum atomic E-state index is 5.90. The summed E-state index contributed by atoms with van der Waals surface area (Å²) < 4.78 is 11.6. The minimum absolute atomic E-state index is 0.500. The third-order valence-electron chi connectivity index (χ3n) is 3.93. The Hall–Kier alpha value is -0.900. The Kier molecular flexibility index (Phi) is 8.45. The van der Waals surface area contributed by atoms with Gasteiger partial charge in [0.2, 0.25) is 0 Å². The second-order valence-corrected chi connectivity index (χ2v) is 5.77. The van der Waals surface area contributed by atoms with Gasteiger partial charge in [0.25, 0.3) is 0 Å². The molecule has 1 N–H and O–H groups in total. The zero-order valence-corrected chi connectivity index (χ0v) is 13.1. The van der Waals surface area contributed by atoms with Crippen LogP contribution in [0.4, 0.5) is 0 Å². The van der Waals surface area contributed by atoms with E-state index < -0.39 is 0 Å². The Balaban J connectivity index is 1.35. The Morgan fingerprint density at radius 2 is 1.62 bits per heavy atom. The van der Waals surface area contributed by atoms with Crippen LogP contribution in [-0.4, -0.2) is 32.4 Å². The third-order valence-corrected chi connectivity index (χ3v) is 3.93. The number of rotatable bonds is 10. The summed E-state index contributed by atoms with van der Waals surface area (Å²) in [6, 6.07) is 10.4. The molecule has 2 rings (SSSR count). The van der Waals surface area contributed by atoms with E-state index in [1.165, 1.54) is 37.7 Å². The van der Waals surface area contributed by atoms with E-state index in [0.29, 0.717) is 6.10 Å². The summed E-state index contributed by atoms with van der Waals surface area (Å²) in [7, 11) is 0. The molecule has 0 saturated carbocycles. The fourth-order valence-electron chi connectivity index (χ4n) is 2.64. The molecule has 1 aliphatic heterocycles. The first kappa shape index (κ1) is 16.5. The molecule has 1 aromatic carbocycles. The molecule has 3 nitrogen and oxygen atoms in total. The highest BCUT2D eigenvalue weighted by molar-refractivity contribution is 5.13. The number of benzene rings is 1. The summed E-state index contributed by atoms with van der Waals surface area (Å²) in [6.07, 6.45) is 7.67. The monoisotopic (exact) mass is 291 g/mol. The molecule has 0 spiro atoms. The van der Waals surface area contributed by atoms with Gasteiger partial charge in [0.15, 0.2) is 0 Å². The van der Waals surface area contributed by atoms with Gasteiger partial charge >= 0.3 is 0 Å². The molecular formula is C18H29NO2. The van der Waals surface area contributed by atoms with E-state index in [2.05, 4.69) is 29.6 Å². The first-order chi connectivity index (χ1) is 10.4. The highest BCUT2D eigenvalue weighted by Crippen LogP contribution is 2.09. The van der Waals surface area contributed by atoms with E-state index in [9.17, 15) is 0 Å². The third kappa shape index (κ3) is 7.60. The predicted octanol–water partition coefficient (Wildman–Crippen LogP) is 3.53. The summed E-state index contributed by atoms with van der Waals surface area (Å²) in [5.74, 6) is 0. The molecule has 0 atom stereocenters. The zero-order valence-electron chi connectivity index (χ0n) is 13.1. The number of ether oxygens (including phenoxy) is 2. The van der Waals surface area contributed by atoms with Crippen molar-refractivity contribution in [3.8, 4) is 0 Å². The van der Waals surface area contributed by atoms with Gasteiger partial charge in [-0.1, -0.05) is 43.2 Å². The number of hydrogen-bond acceptors (Lipinski definition) is 3. The van der Waals surface area contributed by atoms with E-state index in [1.54, 1.807) is 0 Å². The fraction of sp³-hybridized carbons (Fsp3) is 0.667. The van der Waals surface area contributed by atoms with Crippen LogP contribution in [0.1, 0.15) is 44.1 Å². The van der Waals surface area contributed by atoms with Crippen molar-refractivity contribution in [1.29, 1.82) is 0 Å². The fourth-order valence-corrected chi connectivity index (χ4v) is 2.64. The van der Waals surface area contributed by atoms with E-state index in [4.69, 9.17) is 9.47 Å². The van der Waals surface area contributed by atoms with Crippen molar-refractivity contribution in [2.45, 2.75) is 51.2 Å². The molecule has 3 heteroatoms. The van der Waals surface area contributed by atoms with Crippen LogP contribution >= 0.6 is 0 Å². The van der Waals surface area contributed by atoms with Gasteiger partial charge in [0, 0.05) is 13.2 Å². The van der Waals surface area contributed by atoms with Crippen LogP contribution in [0.3, 0.4) is 0 Å². The number of piperidine rings is 1. The first-order valence-corrected chi connectivity index (χ1v) is 8.39. The van der Waals surface area contributed by atoms with Gasteiger partial charge in [0.1, 0.15) is 0 Å². The van der Waals surface area contributed by atoms with Crippen molar-refractivity contribution in [3.05, 3.63) is 35.9 Å². The second kappa shape index (κ2) is 10.8. The molecule has 0 aliphatic carbocycles. The van der Waals surface area contributed by atoms with Crippen molar-refractivity contribution in [2.24, 2.45) is 0 Å². The molecule has 0 aromatic heterocycles. The minimum atomic E-state index is 0.500. The normalized spacial score (nSPS) is 16.2. The average Bonchev–Trinajstić information content (AvgIpc) is 2.55. The lowest BCUT2D eigenvalue weighted by Crippen LogP contribution is -2.32. The standard InChI is InChI=1S/C18H29NO2/c1(2-7-15-21-18-10-12-19-13-11-18)6-14-20-16-17-8-4-3-5-9-17/h3-5,8-9,18-19H,1-2,6-7,10-16H2. The van der Waals surface area contributed by atoms with Gasteiger partial charge in [-0.25, -0.2) is 0 Å². The maximum absolute atomic E-state index is 5.90. The Labute approximate surface area is 129 Å². The van der Waals surface area contributed by atoms with Crippen molar-refractivity contribution >= 4 is 0 Å². The first-order valence-electron chi connectivity index (χ1n) is 8.39. The molecule has 1 aromatic rings. The van der Waals surface area contributed by atoms with Crippen LogP contribution in [0.5, 0.6) is 0 Å². The lowest BCUT2D eigenvalue weighted by Gasteiger charge is -2.22. The Bertz CT molecular complexity index is 349. The molecule has 0 amide bonds. The zero-order chi connectivity index (χ0) is 14.6. The summed E-state index contributed by atoms with van der Waals surface area (Å²) in [6.45, 7) is 4.76. The van der Waals surface area contributed by atoms with Gasteiger partial charge in [-0.15, -0.1) is 0 Å².